The van der Waals surface area contributed by atoms with Gasteiger partial charge in [-0.1, -0.05) is 0 Å². The predicted molar refractivity (Wildman–Crippen MR) is 55.3 cm³/mol. The summed E-state index contributed by atoms with van der Waals surface area (Å²) in [5.41, 5.74) is 5.51. The molecule has 1 aliphatic rings. The number of ether oxygens (including phenoxy) is 1. The van der Waals surface area contributed by atoms with Crippen LogP contribution in [0.25, 0.3) is 0 Å². The van der Waals surface area contributed by atoms with E-state index in [2.05, 4.69) is 4.74 Å². The zero-order valence-electron chi connectivity index (χ0n) is 9.50. The first-order valence-electron chi connectivity index (χ1n) is 5.58. The minimum absolute atomic E-state index is 0.0641. The number of hydrogen-bond donors (Lipinski definition) is 1. The van der Waals surface area contributed by atoms with Crippen molar-refractivity contribution >= 4 is 5.91 Å². The van der Waals surface area contributed by atoms with E-state index in [1.807, 2.05) is 0 Å². The van der Waals surface area contributed by atoms with E-state index in [9.17, 15) is 18.0 Å². The number of amides is 1. The van der Waals surface area contributed by atoms with Crippen LogP contribution in [0.1, 0.15) is 19.3 Å². The summed E-state index contributed by atoms with van der Waals surface area (Å²) in [6, 6.07) is -0.0641. The minimum atomic E-state index is -4.39. The second kappa shape index (κ2) is 6.20. The zero-order chi connectivity index (χ0) is 12.9. The van der Waals surface area contributed by atoms with Gasteiger partial charge in [0.05, 0.1) is 0 Å². The maximum atomic E-state index is 11.8. The Kier molecular flexibility index (Phi) is 5.20. The molecule has 0 aromatic rings. The Bertz CT molecular complexity index is 258. The highest BCUT2D eigenvalue weighted by Gasteiger charge is 2.29. The molecule has 0 aromatic carbocycles. The number of carbonyl (C=O) groups excluding carboxylic acids is 1. The third-order valence-electron chi connectivity index (χ3n) is 2.71. The lowest BCUT2D eigenvalue weighted by Crippen LogP contribution is -2.48. The number of alkyl halides is 3. The van der Waals surface area contributed by atoms with E-state index in [-0.39, 0.29) is 6.04 Å². The van der Waals surface area contributed by atoms with Gasteiger partial charge < -0.3 is 15.4 Å². The standard InChI is InChI=1S/C10H17F3N2O2/c11-10(12,13)7-17-6-9(16)15-4-2-1-3-8(15)5-14/h8H,1-7,14H2/t8-/m1/s1. The number of carbonyl (C=O) groups is 1. The number of rotatable bonds is 4. The molecule has 17 heavy (non-hydrogen) atoms. The predicted octanol–water partition coefficient (Wildman–Crippen LogP) is 0.905. The highest BCUT2D eigenvalue weighted by molar-refractivity contribution is 5.77. The number of hydrogen-bond acceptors (Lipinski definition) is 3. The maximum Gasteiger partial charge on any atom is 0.411 e. The average molecular weight is 254 g/mol. The molecular formula is C10H17F3N2O2. The van der Waals surface area contributed by atoms with Crippen molar-refractivity contribution in [2.75, 3.05) is 26.3 Å². The minimum Gasteiger partial charge on any atom is -0.362 e. The van der Waals surface area contributed by atoms with Gasteiger partial charge in [0, 0.05) is 19.1 Å². The van der Waals surface area contributed by atoms with E-state index in [1.54, 1.807) is 0 Å². The van der Waals surface area contributed by atoms with E-state index in [4.69, 9.17) is 5.73 Å². The Hall–Kier alpha value is -0.820. The van der Waals surface area contributed by atoms with Gasteiger partial charge >= 0.3 is 6.18 Å². The Morgan fingerprint density at radius 2 is 2.12 bits per heavy atom. The summed E-state index contributed by atoms with van der Waals surface area (Å²) in [4.78, 5) is 13.2. The molecule has 1 fully saturated rings. The highest BCUT2D eigenvalue weighted by atomic mass is 19.4. The zero-order valence-corrected chi connectivity index (χ0v) is 9.50. The van der Waals surface area contributed by atoms with Crippen molar-refractivity contribution in [1.29, 1.82) is 0 Å². The Labute approximate surface area is 97.9 Å². The van der Waals surface area contributed by atoms with Crippen LogP contribution in [0, 0.1) is 0 Å². The lowest BCUT2D eigenvalue weighted by molar-refractivity contribution is -0.178. The van der Waals surface area contributed by atoms with Crippen LogP contribution in [0.3, 0.4) is 0 Å². The van der Waals surface area contributed by atoms with Crippen molar-refractivity contribution in [3.05, 3.63) is 0 Å². The average Bonchev–Trinajstić information content (AvgIpc) is 2.27. The van der Waals surface area contributed by atoms with Crippen LogP contribution >= 0.6 is 0 Å². The van der Waals surface area contributed by atoms with E-state index >= 15 is 0 Å². The van der Waals surface area contributed by atoms with Gasteiger partial charge in [-0.15, -0.1) is 0 Å². The molecular weight excluding hydrogens is 237 g/mol. The van der Waals surface area contributed by atoms with Crippen molar-refractivity contribution in [3.8, 4) is 0 Å². The SMILES string of the molecule is NC[C@H]1CCCCN1C(=O)COCC(F)(F)F. The van der Waals surface area contributed by atoms with Gasteiger partial charge in [-0.05, 0) is 19.3 Å². The first-order chi connectivity index (χ1) is 7.94. The Balaban J connectivity index is 2.35. The maximum absolute atomic E-state index is 11.8. The number of likely N-dealkylation sites (tertiary alicyclic amines) is 1. The highest BCUT2D eigenvalue weighted by Crippen LogP contribution is 2.17. The largest absolute Gasteiger partial charge is 0.411 e. The molecule has 1 rings (SSSR count). The fourth-order valence-corrected chi connectivity index (χ4v) is 1.91. The Morgan fingerprint density at radius 1 is 1.41 bits per heavy atom. The molecule has 1 atom stereocenters. The summed E-state index contributed by atoms with van der Waals surface area (Å²) in [5.74, 6) is -0.413. The summed E-state index contributed by atoms with van der Waals surface area (Å²) in [6.07, 6.45) is -1.73. The van der Waals surface area contributed by atoms with Gasteiger partial charge in [-0.25, -0.2) is 0 Å². The van der Waals surface area contributed by atoms with Gasteiger partial charge in [-0.3, -0.25) is 4.79 Å². The van der Waals surface area contributed by atoms with Crippen LogP contribution in [-0.2, 0) is 9.53 Å². The van der Waals surface area contributed by atoms with E-state index in [1.165, 1.54) is 4.90 Å². The fraction of sp³-hybridized carbons (Fsp3) is 0.900. The van der Waals surface area contributed by atoms with Crippen LogP contribution in [0.2, 0.25) is 0 Å². The van der Waals surface area contributed by atoms with Crippen LogP contribution in [0.5, 0.6) is 0 Å². The van der Waals surface area contributed by atoms with Gasteiger partial charge in [0.25, 0.3) is 0 Å². The molecule has 1 aliphatic heterocycles. The molecule has 2 N–H and O–H groups in total. The van der Waals surface area contributed by atoms with Crippen LogP contribution < -0.4 is 5.73 Å². The molecule has 0 aromatic heterocycles. The molecule has 100 valence electrons. The second-order valence-electron chi connectivity index (χ2n) is 4.08. The summed E-state index contributed by atoms with van der Waals surface area (Å²) in [6.45, 7) is -1.03. The molecule has 7 heteroatoms. The van der Waals surface area contributed by atoms with Crippen molar-refractivity contribution in [2.45, 2.75) is 31.5 Å². The summed E-state index contributed by atoms with van der Waals surface area (Å²) < 4.78 is 39.8. The number of halogens is 3. The van der Waals surface area contributed by atoms with Crippen molar-refractivity contribution < 1.29 is 22.7 Å². The summed E-state index contributed by atoms with van der Waals surface area (Å²) in [7, 11) is 0. The normalized spacial score (nSPS) is 21.6. The Morgan fingerprint density at radius 3 is 2.71 bits per heavy atom. The lowest BCUT2D eigenvalue weighted by Gasteiger charge is -2.35. The van der Waals surface area contributed by atoms with E-state index in [0.717, 1.165) is 19.3 Å². The van der Waals surface area contributed by atoms with Crippen molar-refractivity contribution in [1.82, 2.24) is 4.90 Å². The molecule has 0 bridgehead atoms. The summed E-state index contributed by atoms with van der Waals surface area (Å²) >= 11 is 0. The first kappa shape index (κ1) is 14.2. The number of piperidine rings is 1. The molecule has 0 radical (unpaired) electrons. The molecule has 4 nitrogen and oxygen atoms in total. The van der Waals surface area contributed by atoms with E-state index < -0.39 is 25.3 Å². The molecule has 1 amide bonds. The van der Waals surface area contributed by atoms with Crippen LogP contribution in [0.4, 0.5) is 13.2 Å². The lowest BCUT2D eigenvalue weighted by atomic mass is 10.0. The molecule has 0 unspecified atom stereocenters. The fourth-order valence-electron chi connectivity index (χ4n) is 1.91. The molecule has 0 aliphatic carbocycles. The molecule has 0 saturated carbocycles. The quantitative estimate of drug-likeness (QED) is 0.811. The third kappa shape index (κ3) is 4.91. The van der Waals surface area contributed by atoms with Gasteiger partial charge in [0.15, 0.2) is 0 Å². The smallest absolute Gasteiger partial charge is 0.362 e. The first-order valence-corrected chi connectivity index (χ1v) is 5.58. The van der Waals surface area contributed by atoms with Crippen LogP contribution in [-0.4, -0.2) is 49.3 Å². The molecule has 1 heterocycles. The second-order valence-corrected chi connectivity index (χ2v) is 4.08. The monoisotopic (exact) mass is 254 g/mol. The third-order valence-corrected chi connectivity index (χ3v) is 2.71. The van der Waals surface area contributed by atoms with Gasteiger partial charge in [-0.2, -0.15) is 13.2 Å². The van der Waals surface area contributed by atoms with Crippen molar-refractivity contribution in [2.24, 2.45) is 5.73 Å². The van der Waals surface area contributed by atoms with Crippen LogP contribution in [0.15, 0.2) is 0 Å². The summed E-state index contributed by atoms with van der Waals surface area (Å²) in [5, 5.41) is 0. The molecule has 0 spiro atoms. The number of nitrogens with zero attached hydrogens (tertiary/aromatic N) is 1. The van der Waals surface area contributed by atoms with E-state index in [0.29, 0.717) is 13.1 Å². The number of nitrogens with two attached hydrogens (primary N) is 1. The molecule has 1 saturated heterocycles. The topological polar surface area (TPSA) is 55.6 Å². The van der Waals surface area contributed by atoms with Crippen molar-refractivity contribution in [3.63, 3.8) is 0 Å². The van der Waals surface area contributed by atoms with Gasteiger partial charge in [0.1, 0.15) is 13.2 Å². The van der Waals surface area contributed by atoms with Gasteiger partial charge in [0.2, 0.25) is 5.91 Å².